The molecule has 0 saturated carbocycles. The van der Waals surface area contributed by atoms with Gasteiger partial charge in [0.25, 0.3) is 5.91 Å². The molecule has 1 amide bonds. The molecule has 0 bridgehead atoms. The number of rotatable bonds is 1. The predicted molar refractivity (Wildman–Crippen MR) is 72.5 cm³/mol. The summed E-state index contributed by atoms with van der Waals surface area (Å²) in [5.74, 6) is -0.169. The van der Waals surface area contributed by atoms with Crippen molar-refractivity contribution in [1.82, 2.24) is 10.2 Å². The van der Waals surface area contributed by atoms with E-state index in [1.807, 2.05) is 0 Å². The number of carbonyl (C=O) groups is 1. The fourth-order valence-corrected chi connectivity index (χ4v) is 2.47. The molecule has 0 radical (unpaired) electrons. The van der Waals surface area contributed by atoms with Crippen molar-refractivity contribution in [3.63, 3.8) is 0 Å². The first-order valence-electron chi connectivity index (χ1n) is 5.50. The van der Waals surface area contributed by atoms with Gasteiger partial charge in [-0.15, -0.1) is 0 Å². The van der Waals surface area contributed by atoms with E-state index in [1.54, 1.807) is 23.1 Å². The smallest absolute Gasteiger partial charge is 0.256 e. The molecule has 0 spiro atoms. The molecular formula is C12H11BrClN3O. The van der Waals surface area contributed by atoms with Gasteiger partial charge in [0.1, 0.15) is 6.04 Å². The van der Waals surface area contributed by atoms with Gasteiger partial charge in [0.2, 0.25) is 0 Å². The van der Waals surface area contributed by atoms with Crippen molar-refractivity contribution in [1.29, 1.82) is 5.26 Å². The van der Waals surface area contributed by atoms with E-state index in [2.05, 4.69) is 27.3 Å². The largest absolute Gasteiger partial charge is 0.320 e. The molecule has 1 aromatic carbocycles. The van der Waals surface area contributed by atoms with E-state index < -0.39 is 6.04 Å². The molecule has 1 heterocycles. The Morgan fingerprint density at radius 3 is 3.11 bits per heavy atom. The highest BCUT2D eigenvalue weighted by atomic mass is 79.9. The van der Waals surface area contributed by atoms with Gasteiger partial charge < -0.3 is 10.2 Å². The fraction of sp³-hybridized carbons (Fsp3) is 0.333. The van der Waals surface area contributed by atoms with Crippen LogP contribution in [0, 0.1) is 11.3 Å². The number of carbonyl (C=O) groups excluding carboxylic acids is 1. The van der Waals surface area contributed by atoms with Crippen molar-refractivity contribution in [2.45, 2.75) is 6.04 Å². The Morgan fingerprint density at radius 1 is 1.61 bits per heavy atom. The molecule has 4 nitrogen and oxygen atoms in total. The SMILES string of the molecule is N#CC1CNCCN1C(=O)c1cc(Cl)ccc1Br. The topological polar surface area (TPSA) is 56.1 Å². The Balaban J connectivity index is 2.30. The Labute approximate surface area is 119 Å². The van der Waals surface area contributed by atoms with Crippen molar-refractivity contribution < 1.29 is 4.79 Å². The summed E-state index contributed by atoms with van der Waals surface area (Å²) in [4.78, 5) is 14.0. The number of nitrogens with zero attached hydrogens (tertiary/aromatic N) is 2. The second-order valence-electron chi connectivity index (χ2n) is 3.97. The van der Waals surface area contributed by atoms with Crippen molar-refractivity contribution in [3.8, 4) is 6.07 Å². The van der Waals surface area contributed by atoms with Crippen LogP contribution >= 0.6 is 27.5 Å². The molecule has 1 unspecified atom stereocenters. The third-order valence-corrected chi connectivity index (χ3v) is 3.74. The average molecular weight is 329 g/mol. The molecule has 1 aromatic rings. The van der Waals surface area contributed by atoms with Crippen LogP contribution in [-0.4, -0.2) is 36.5 Å². The minimum atomic E-state index is -0.433. The summed E-state index contributed by atoms with van der Waals surface area (Å²) in [6.07, 6.45) is 0. The van der Waals surface area contributed by atoms with Gasteiger partial charge in [-0.1, -0.05) is 11.6 Å². The summed E-state index contributed by atoms with van der Waals surface area (Å²) in [6, 6.07) is 6.76. The molecule has 0 aromatic heterocycles. The number of amides is 1. The summed E-state index contributed by atoms with van der Waals surface area (Å²) in [5.41, 5.74) is 0.490. The predicted octanol–water partition coefficient (Wildman–Crippen LogP) is 2.04. The van der Waals surface area contributed by atoms with Crippen LogP contribution in [0.1, 0.15) is 10.4 Å². The number of piperazine rings is 1. The van der Waals surface area contributed by atoms with E-state index >= 15 is 0 Å². The molecule has 18 heavy (non-hydrogen) atoms. The van der Waals surface area contributed by atoms with Crippen LogP contribution < -0.4 is 5.32 Å². The zero-order valence-corrected chi connectivity index (χ0v) is 11.8. The Morgan fingerprint density at radius 2 is 2.39 bits per heavy atom. The van der Waals surface area contributed by atoms with E-state index in [9.17, 15) is 4.79 Å². The monoisotopic (exact) mass is 327 g/mol. The highest BCUT2D eigenvalue weighted by Crippen LogP contribution is 2.23. The van der Waals surface area contributed by atoms with Crippen LogP contribution in [0.3, 0.4) is 0 Å². The van der Waals surface area contributed by atoms with Gasteiger partial charge in [0.15, 0.2) is 0 Å². The van der Waals surface area contributed by atoms with E-state index in [4.69, 9.17) is 16.9 Å². The molecule has 6 heteroatoms. The summed E-state index contributed by atoms with van der Waals surface area (Å²) in [7, 11) is 0. The maximum atomic E-state index is 12.4. The summed E-state index contributed by atoms with van der Waals surface area (Å²) >= 11 is 9.24. The summed E-state index contributed by atoms with van der Waals surface area (Å²) in [6.45, 7) is 1.72. The van der Waals surface area contributed by atoms with Crippen LogP contribution in [0.15, 0.2) is 22.7 Å². The molecule has 0 aliphatic carbocycles. The highest BCUT2D eigenvalue weighted by Gasteiger charge is 2.28. The van der Waals surface area contributed by atoms with Crippen LogP contribution in [0.5, 0.6) is 0 Å². The number of benzene rings is 1. The van der Waals surface area contributed by atoms with Gasteiger partial charge >= 0.3 is 0 Å². The molecule has 1 aliphatic rings. The molecule has 94 valence electrons. The molecule has 1 N–H and O–H groups in total. The number of nitrogens with one attached hydrogen (secondary N) is 1. The van der Waals surface area contributed by atoms with E-state index in [0.29, 0.717) is 34.7 Å². The molecule has 1 saturated heterocycles. The highest BCUT2D eigenvalue weighted by molar-refractivity contribution is 9.10. The lowest BCUT2D eigenvalue weighted by molar-refractivity contribution is 0.0686. The maximum Gasteiger partial charge on any atom is 0.256 e. The van der Waals surface area contributed by atoms with Crippen LogP contribution in [0.25, 0.3) is 0 Å². The van der Waals surface area contributed by atoms with Crippen molar-refractivity contribution in [2.24, 2.45) is 0 Å². The minimum absolute atomic E-state index is 0.169. The van der Waals surface area contributed by atoms with E-state index in [1.165, 1.54) is 0 Å². The number of hydrogen-bond acceptors (Lipinski definition) is 3. The molecule has 1 fully saturated rings. The Bertz CT molecular complexity index is 515. The average Bonchev–Trinajstić information content (AvgIpc) is 2.40. The molecule has 1 aliphatic heterocycles. The van der Waals surface area contributed by atoms with Gasteiger partial charge in [-0.25, -0.2) is 0 Å². The third kappa shape index (κ3) is 2.66. The van der Waals surface area contributed by atoms with Gasteiger partial charge in [-0.05, 0) is 34.1 Å². The normalized spacial score (nSPS) is 19.4. The first-order chi connectivity index (χ1) is 8.63. The van der Waals surface area contributed by atoms with E-state index in [0.717, 1.165) is 0 Å². The van der Waals surface area contributed by atoms with Gasteiger partial charge in [-0.2, -0.15) is 5.26 Å². The van der Waals surface area contributed by atoms with Crippen LogP contribution in [0.4, 0.5) is 0 Å². The number of hydrogen-bond donors (Lipinski definition) is 1. The quantitative estimate of drug-likeness (QED) is 0.858. The first-order valence-corrected chi connectivity index (χ1v) is 6.67. The molecule has 2 rings (SSSR count). The third-order valence-electron chi connectivity index (χ3n) is 2.81. The lowest BCUT2D eigenvalue weighted by atomic mass is 10.1. The van der Waals surface area contributed by atoms with Gasteiger partial charge in [0.05, 0.1) is 11.6 Å². The molecular weight excluding hydrogens is 318 g/mol. The van der Waals surface area contributed by atoms with Gasteiger partial charge in [0, 0.05) is 29.1 Å². The summed E-state index contributed by atoms with van der Waals surface area (Å²) < 4.78 is 0.687. The lowest BCUT2D eigenvalue weighted by Gasteiger charge is -2.32. The van der Waals surface area contributed by atoms with Gasteiger partial charge in [-0.3, -0.25) is 4.79 Å². The zero-order chi connectivity index (χ0) is 13.1. The summed E-state index contributed by atoms with van der Waals surface area (Å²) in [5, 5.41) is 12.7. The number of halogens is 2. The van der Waals surface area contributed by atoms with Crippen LogP contribution in [-0.2, 0) is 0 Å². The molecule has 1 atom stereocenters. The standard InChI is InChI=1S/C12H11BrClN3O/c13-11-2-1-8(14)5-10(11)12(18)17-4-3-16-7-9(17)6-15/h1-2,5,9,16H,3-4,7H2. The first kappa shape index (κ1) is 13.3. The number of nitriles is 1. The zero-order valence-electron chi connectivity index (χ0n) is 9.49. The Hall–Kier alpha value is -1.09. The van der Waals surface area contributed by atoms with Crippen molar-refractivity contribution >= 4 is 33.4 Å². The Kier molecular flexibility index (Phi) is 4.23. The minimum Gasteiger partial charge on any atom is -0.320 e. The van der Waals surface area contributed by atoms with Crippen molar-refractivity contribution in [2.75, 3.05) is 19.6 Å². The van der Waals surface area contributed by atoms with Crippen molar-refractivity contribution in [3.05, 3.63) is 33.3 Å². The second kappa shape index (κ2) is 5.70. The second-order valence-corrected chi connectivity index (χ2v) is 5.26. The fourth-order valence-electron chi connectivity index (χ4n) is 1.88. The lowest BCUT2D eigenvalue weighted by Crippen LogP contribution is -2.53. The van der Waals surface area contributed by atoms with E-state index in [-0.39, 0.29) is 5.91 Å². The maximum absolute atomic E-state index is 12.4. The van der Waals surface area contributed by atoms with Crippen LogP contribution in [0.2, 0.25) is 5.02 Å².